The lowest BCUT2D eigenvalue weighted by Crippen LogP contribution is -2.39. The highest BCUT2D eigenvalue weighted by molar-refractivity contribution is 5.83. The van der Waals surface area contributed by atoms with Gasteiger partial charge in [0.15, 0.2) is 11.6 Å². The number of nitrogens with one attached hydrogen (secondary N) is 2. The van der Waals surface area contributed by atoms with Gasteiger partial charge in [0.05, 0.1) is 18.8 Å². The van der Waals surface area contributed by atoms with E-state index < -0.39 is 11.9 Å². The summed E-state index contributed by atoms with van der Waals surface area (Å²) >= 11 is 0. The van der Waals surface area contributed by atoms with Gasteiger partial charge in [-0.2, -0.15) is 5.10 Å². The first-order valence-corrected chi connectivity index (χ1v) is 7.47. The molecule has 0 saturated heterocycles. The lowest BCUT2D eigenvalue weighted by Gasteiger charge is -2.28. The molecule has 1 aromatic heterocycles. The number of fused-ring (bicyclic) bond motifs is 1. The maximum Gasteiger partial charge on any atom is 0.242 e. The molecule has 122 valence electrons. The third kappa shape index (κ3) is 3.05. The van der Waals surface area contributed by atoms with Crippen molar-refractivity contribution in [1.29, 1.82) is 0 Å². The highest BCUT2D eigenvalue weighted by Crippen LogP contribution is 2.34. The monoisotopic (exact) mass is 318 g/mol. The SMILES string of the molecule is CNC(C(=O)N[C@@H]1CCOc2c(F)cccc21)c1cnn(C)c1. The largest absolute Gasteiger partial charge is 0.490 e. The molecule has 2 atom stereocenters. The van der Waals surface area contributed by atoms with Crippen LogP contribution < -0.4 is 15.4 Å². The van der Waals surface area contributed by atoms with E-state index in [1.807, 2.05) is 0 Å². The van der Waals surface area contributed by atoms with E-state index in [9.17, 15) is 9.18 Å². The third-order valence-corrected chi connectivity index (χ3v) is 3.95. The molecule has 2 aromatic rings. The summed E-state index contributed by atoms with van der Waals surface area (Å²) in [6.07, 6.45) is 4.04. The molecule has 1 amide bonds. The van der Waals surface area contributed by atoms with E-state index in [1.165, 1.54) is 6.07 Å². The van der Waals surface area contributed by atoms with Crippen molar-refractivity contribution in [2.75, 3.05) is 13.7 Å². The summed E-state index contributed by atoms with van der Waals surface area (Å²) in [6.45, 7) is 0.371. The topological polar surface area (TPSA) is 68.2 Å². The molecule has 0 bridgehead atoms. The molecule has 6 nitrogen and oxygen atoms in total. The van der Waals surface area contributed by atoms with Crippen LogP contribution in [0.2, 0.25) is 0 Å². The maximum atomic E-state index is 13.8. The molecule has 1 aromatic carbocycles. The number of ether oxygens (including phenoxy) is 1. The first kappa shape index (κ1) is 15.5. The van der Waals surface area contributed by atoms with Gasteiger partial charge in [-0.15, -0.1) is 0 Å². The summed E-state index contributed by atoms with van der Waals surface area (Å²) < 4.78 is 20.8. The molecular formula is C16H19FN4O2. The standard InChI is InChI=1S/C16H19FN4O2/c1-18-14(10-8-19-21(2)9-10)16(22)20-13-6-7-23-15-11(13)4-3-5-12(15)17/h3-5,8-9,13-14,18H,6-7H2,1-2H3,(H,20,22)/t13-,14?/m1/s1. The summed E-state index contributed by atoms with van der Waals surface area (Å²) in [5.41, 5.74) is 1.45. The number of hydrogen-bond acceptors (Lipinski definition) is 4. The van der Waals surface area contributed by atoms with Gasteiger partial charge in [-0.25, -0.2) is 4.39 Å². The number of halogens is 1. The Hall–Kier alpha value is -2.41. The molecule has 2 heterocycles. The number of rotatable bonds is 4. The first-order valence-electron chi connectivity index (χ1n) is 7.47. The fourth-order valence-corrected chi connectivity index (χ4v) is 2.83. The van der Waals surface area contributed by atoms with Crippen molar-refractivity contribution in [3.63, 3.8) is 0 Å². The minimum Gasteiger partial charge on any atom is -0.490 e. The fraction of sp³-hybridized carbons (Fsp3) is 0.375. The molecule has 0 spiro atoms. The summed E-state index contributed by atoms with van der Waals surface area (Å²) in [4.78, 5) is 12.6. The van der Waals surface area contributed by atoms with Gasteiger partial charge in [0.25, 0.3) is 0 Å². The molecule has 0 radical (unpaired) electrons. The van der Waals surface area contributed by atoms with Crippen molar-refractivity contribution in [3.8, 4) is 5.75 Å². The number of likely N-dealkylation sites (N-methyl/N-ethyl adjacent to an activating group) is 1. The minimum absolute atomic E-state index is 0.178. The number of carbonyl (C=O) groups excluding carboxylic acids is 1. The molecule has 7 heteroatoms. The Morgan fingerprint density at radius 1 is 1.52 bits per heavy atom. The minimum atomic E-state index is -0.511. The molecule has 0 aliphatic carbocycles. The van der Waals surface area contributed by atoms with Gasteiger partial charge in [0, 0.05) is 30.8 Å². The maximum absolute atomic E-state index is 13.8. The summed E-state index contributed by atoms with van der Waals surface area (Å²) in [6, 6.07) is 3.98. The van der Waals surface area contributed by atoms with Crippen LogP contribution in [0, 0.1) is 5.82 Å². The number of carbonyl (C=O) groups is 1. The van der Waals surface area contributed by atoms with Crippen molar-refractivity contribution >= 4 is 5.91 Å². The van der Waals surface area contributed by atoms with E-state index in [1.54, 1.807) is 43.3 Å². The Bertz CT molecular complexity index is 716. The van der Waals surface area contributed by atoms with E-state index in [-0.39, 0.29) is 17.7 Å². The summed E-state index contributed by atoms with van der Waals surface area (Å²) in [5, 5.41) is 10.1. The van der Waals surface area contributed by atoms with Crippen LogP contribution in [0.25, 0.3) is 0 Å². The molecule has 1 aliphatic rings. The van der Waals surface area contributed by atoms with E-state index >= 15 is 0 Å². The second-order valence-electron chi connectivity index (χ2n) is 5.53. The van der Waals surface area contributed by atoms with Gasteiger partial charge in [-0.1, -0.05) is 12.1 Å². The Kier molecular flexibility index (Phi) is 4.29. The number of benzene rings is 1. The molecule has 0 saturated carbocycles. The van der Waals surface area contributed by atoms with Crippen LogP contribution >= 0.6 is 0 Å². The lowest BCUT2D eigenvalue weighted by atomic mass is 9.99. The number of aromatic nitrogens is 2. The Morgan fingerprint density at radius 3 is 3.04 bits per heavy atom. The fourth-order valence-electron chi connectivity index (χ4n) is 2.83. The van der Waals surface area contributed by atoms with Gasteiger partial charge < -0.3 is 15.4 Å². The van der Waals surface area contributed by atoms with Crippen LogP contribution in [0.3, 0.4) is 0 Å². The van der Waals surface area contributed by atoms with Gasteiger partial charge in [-0.05, 0) is 13.1 Å². The van der Waals surface area contributed by atoms with Crippen LogP contribution in [-0.2, 0) is 11.8 Å². The zero-order valence-electron chi connectivity index (χ0n) is 13.0. The summed E-state index contributed by atoms with van der Waals surface area (Å²) in [5.74, 6) is -0.354. The molecule has 3 rings (SSSR count). The number of amides is 1. The van der Waals surface area contributed by atoms with Gasteiger partial charge >= 0.3 is 0 Å². The molecular weight excluding hydrogens is 299 g/mol. The van der Waals surface area contributed by atoms with Crippen molar-refractivity contribution in [2.45, 2.75) is 18.5 Å². The number of aryl methyl sites for hydroxylation is 1. The smallest absolute Gasteiger partial charge is 0.242 e. The average Bonchev–Trinajstić information content (AvgIpc) is 2.95. The Labute approximate surface area is 133 Å². The van der Waals surface area contributed by atoms with Crippen LogP contribution in [0.15, 0.2) is 30.6 Å². The predicted molar refractivity (Wildman–Crippen MR) is 82.4 cm³/mol. The lowest BCUT2D eigenvalue weighted by molar-refractivity contribution is -0.124. The summed E-state index contributed by atoms with van der Waals surface area (Å²) in [7, 11) is 3.51. The van der Waals surface area contributed by atoms with Crippen LogP contribution in [-0.4, -0.2) is 29.3 Å². The first-order chi connectivity index (χ1) is 11.1. The number of nitrogens with zero attached hydrogens (tertiary/aromatic N) is 2. The number of hydrogen-bond donors (Lipinski definition) is 2. The second kappa shape index (κ2) is 6.37. The van der Waals surface area contributed by atoms with Gasteiger partial charge in [-0.3, -0.25) is 9.48 Å². The molecule has 1 aliphatic heterocycles. The second-order valence-corrected chi connectivity index (χ2v) is 5.53. The van der Waals surface area contributed by atoms with E-state index in [0.717, 1.165) is 5.56 Å². The molecule has 2 N–H and O–H groups in total. The number of para-hydroxylation sites is 1. The van der Waals surface area contributed by atoms with Crippen molar-refractivity contribution in [3.05, 3.63) is 47.5 Å². The van der Waals surface area contributed by atoms with E-state index in [4.69, 9.17) is 4.74 Å². The van der Waals surface area contributed by atoms with Crippen molar-refractivity contribution in [2.24, 2.45) is 7.05 Å². The zero-order valence-corrected chi connectivity index (χ0v) is 13.0. The van der Waals surface area contributed by atoms with Crippen LogP contribution in [0.5, 0.6) is 5.75 Å². The highest BCUT2D eigenvalue weighted by atomic mass is 19.1. The third-order valence-electron chi connectivity index (χ3n) is 3.95. The predicted octanol–water partition coefficient (Wildman–Crippen LogP) is 1.46. The molecule has 1 unspecified atom stereocenters. The zero-order chi connectivity index (χ0) is 16.4. The molecule has 23 heavy (non-hydrogen) atoms. The van der Waals surface area contributed by atoms with E-state index in [2.05, 4.69) is 15.7 Å². The quantitative estimate of drug-likeness (QED) is 0.895. The van der Waals surface area contributed by atoms with Crippen molar-refractivity contribution in [1.82, 2.24) is 20.4 Å². The van der Waals surface area contributed by atoms with Gasteiger partial charge in [0.1, 0.15) is 6.04 Å². The van der Waals surface area contributed by atoms with E-state index in [0.29, 0.717) is 18.6 Å². The van der Waals surface area contributed by atoms with Gasteiger partial charge in [0.2, 0.25) is 5.91 Å². The Balaban J connectivity index is 1.80. The average molecular weight is 318 g/mol. The van der Waals surface area contributed by atoms with Crippen molar-refractivity contribution < 1.29 is 13.9 Å². The van der Waals surface area contributed by atoms with Crippen LogP contribution in [0.1, 0.15) is 29.6 Å². The highest BCUT2D eigenvalue weighted by Gasteiger charge is 2.28. The molecule has 0 fully saturated rings. The normalized spacial score (nSPS) is 18.0. The van der Waals surface area contributed by atoms with Crippen LogP contribution in [0.4, 0.5) is 4.39 Å². The Morgan fingerprint density at radius 2 is 2.35 bits per heavy atom.